The highest BCUT2D eigenvalue weighted by atomic mass is 16.6. The fraction of sp³-hybridized carbons (Fsp3) is 0.700. The van der Waals surface area contributed by atoms with Crippen LogP contribution < -0.4 is 0 Å². The van der Waals surface area contributed by atoms with Gasteiger partial charge in [-0.05, 0) is 51.4 Å². The van der Waals surface area contributed by atoms with Crippen LogP contribution in [-0.2, 0) is 28.5 Å². The van der Waals surface area contributed by atoms with E-state index in [0.29, 0.717) is 25.0 Å². The summed E-state index contributed by atoms with van der Waals surface area (Å²) in [5.41, 5.74) is 0. The normalized spacial score (nSPS) is 22.1. The summed E-state index contributed by atoms with van der Waals surface area (Å²) in [4.78, 5) is 21.9. The summed E-state index contributed by atoms with van der Waals surface area (Å²) in [5.74, 6) is 0.189. The maximum absolute atomic E-state index is 11.0. The van der Waals surface area contributed by atoms with Crippen molar-refractivity contribution in [2.45, 2.75) is 51.7 Å². The molecule has 0 aromatic heterocycles. The molecule has 26 heavy (non-hydrogen) atoms. The fourth-order valence-corrected chi connectivity index (χ4v) is 3.23. The van der Waals surface area contributed by atoms with Crippen LogP contribution in [0.1, 0.15) is 39.5 Å². The van der Waals surface area contributed by atoms with Crippen molar-refractivity contribution in [3.05, 3.63) is 25.3 Å². The molecule has 0 spiro atoms. The monoisotopic (exact) mass is 368 g/mol. The average Bonchev–Trinajstić information content (AvgIpc) is 2.67. The number of esters is 2. The maximum Gasteiger partial charge on any atom is 0.330 e. The predicted octanol–water partition coefficient (Wildman–Crippen LogP) is 3.06. The molecule has 0 aromatic carbocycles. The van der Waals surface area contributed by atoms with E-state index in [1.165, 1.54) is 0 Å². The third-order valence-electron chi connectivity index (χ3n) is 4.89. The lowest BCUT2D eigenvalue weighted by Crippen LogP contribution is -2.31. The zero-order chi connectivity index (χ0) is 19.4. The number of rotatable bonds is 12. The Morgan fingerprint density at radius 3 is 1.46 bits per heavy atom. The molecule has 0 bridgehead atoms. The van der Waals surface area contributed by atoms with Gasteiger partial charge in [0, 0.05) is 12.2 Å². The molecule has 6 heteroatoms. The SMILES string of the molecule is C=CC(=O)OCCOC(C)C1CCC(C(C)OCCOC(=O)C=C)CC1. The van der Waals surface area contributed by atoms with Gasteiger partial charge in [-0.1, -0.05) is 13.2 Å². The summed E-state index contributed by atoms with van der Waals surface area (Å²) < 4.78 is 21.4. The molecule has 2 unspecified atom stereocenters. The van der Waals surface area contributed by atoms with Crippen LogP contribution in [0, 0.1) is 11.8 Å². The van der Waals surface area contributed by atoms with E-state index >= 15 is 0 Å². The van der Waals surface area contributed by atoms with Crippen molar-refractivity contribution in [3.8, 4) is 0 Å². The van der Waals surface area contributed by atoms with Crippen LogP contribution >= 0.6 is 0 Å². The van der Waals surface area contributed by atoms with E-state index in [4.69, 9.17) is 18.9 Å². The van der Waals surface area contributed by atoms with Crippen LogP contribution in [0.4, 0.5) is 0 Å². The zero-order valence-corrected chi connectivity index (χ0v) is 16.0. The van der Waals surface area contributed by atoms with E-state index in [1.54, 1.807) is 0 Å². The van der Waals surface area contributed by atoms with Crippen LogP contribution in [0.15, 0.2) is 25.3 Å². The Bertz CT molecular complexity index is 411. The van der Waals surface area contributed by atoms with Gasteiger partial charge in [0.1, 0.15) is 13.2 Å². The maximum atomic E-state index is 11.0. The lowest BCUT2D eigenvalue weighted by atomic mass is 9.78. The van der Waals surface area contributed by atoms with E-state index in [-0.39, 0.29) is 25.4 Å². The average molecular weight is 368 g/mol. The molecule has 1 aliphatic rings. The molecule has 6 nitrogen and oxygen atoms in total. The van der Waals surface area contributed by atoms with Crippen molar-refractivity contribution >= 4 is 11.9 Å². The molecule has 148 valence electrons. The molecule has 0 radical (unpaired) electrons. The van der Waals surface area contributed by atoms with Gasteiger partial charge in [0.05, 0.1) is 25.4 Å². The Kier molecular flexibility index (Phi) is 10.9. The van der Waals surface area contributed by atoms with Crippen LogP contribution in [0.2, 0.25) is 0 Å². The third-order valence-corrected chi connectivity index (χ3v) is 4.89. The smallest absolute Gasteiger partial charge is 0.330 e. The van der Waals surface area contributed by atoms with E-state index in [1.807, 2.05) is 0 Å². The molecular formula is C20H32O6. The highest BCUT2D eigenvalue weighted by Gasteiger charge is 2.28. The summed E-state index contributed by atoms with van der Waals surface area (Å²) in [7, 11) is 0. The Labute approximate surface area is 156 Å². The number of carbonyl (C=O) groups excluding carboxylic acids is 2. The van der Waals surface area contributed by atoms with Crippen molar-refractivity contribution in [1.82, 2.24) is 0 Å². The fourth-order valence-electron chi connectivity index (χ4n) is 3.23. The van der Waals surface area contributed by atoms with Gasteiger partial charge < -0.3 is 18.9 Å². The first kappa shape index (κ1) is 22.4. The van der Waals surface area contributed by atoms with Gasteiger partial charge in [-0.3, -0.25) is 0 Å². The largest absolute Gasteiger partial charge is 0.460 e. The second-order valence-electron chi connectivity index (χ2n) is 6.57. The third kappa shape index (κ3) is 8.63. The molecular weight excluding hydrogens is 336 g/mol. The summed E-state index contributed by atoms with van der Waals surface area (Å²) in [6, 6.07) is 0. The minimum Gasteiger partial charge on any atom is -0.460 e. The lowest BCUT2D eigenvalue weighted by Gasteiger charge is -2.34. The van der Waals surface area contributed by atoms with Crippen molar-refractivity contribution in [2.24, 2.45) is 11.8 Å². The molecule has 0 amide bonds. The van der Waals surface area contributed by atoms with E-state index in [0.717, 1.165) is 37.8 Å². The molecule has 2 atom stereocenters. The van der Waals surface area contributed by atoms with Gasteiger partial charge in [0.2, 0.25) is 0 Å². The number of hydrogen-bond donors (Lipinski definition) is 0. The second kappa shape index (κ2) is 12.7. The standard InChI is InChI=1S/C20H32O6/c1-5-19(21)25-13-11-23-15(3)17-7-9-18(10-8-17)16(4)24-12-14-26-20(22)6-2/h5-6,15-18H,1-2,7-14H2,3-4H3. The van der Waals surface area contributed by atoms with Gasteiger partial charge in [-0.2, -0.15) is 0 Å². The number of carbonyl (C=O) groups is 2. The molecule has 0 aliphatic heterocycles. The predicted molar refractivity (Wildman–Crippen MR) is 98.6 cm³/mol. The van der Waals surface area contributed by atoms with Crippen LogP contribution in [-0.4, -0.2) is 50.6 Å². The van der Waals surface area contributed by atoms with Crippen molar-refractivity contribution in [1.29, 1.82) is 0 Å². The first-order chi connectivity index (χ1) is 12.5. The highest BCUT2D eigenvalue weighted by molar-refractivity contribution is 5.81. The Hall–Kier alpha value is -1.66. The quantitative estimate of drug-likeness (QED) is 0.299. The molecule has 1 aliphatic carbocycles. The van der Waals surface area contributed by atoms with E-state index in [2.05, 4.69) is 27.0 Å². The summed E-state index contributed by atoms with van der Waals surface area (Å²) in [6.45, 7) is 12.2. The topological polar surface area (TPSA) is 71.1 Å². The Balaban J connectivity index is 2.16. The molecule has 1 fully saturated rings. The van der Waals surface area contributed by atoms with E-state index < -0.39 is 11.9 Å². The first-order valence-electron chi connectivity index (χ1n) is 9.29. The van der Waals surface area contributed by atoms with Crippen LogP contribution in [0.5, 0.6) is 0 Å². The van der Waals surface area contributed by atoms with Gasteiger partial charge >= 0.3 is 11.9 Å². The number of ether oxygens (including phenoxy) is 4. The van der Waals surface area contributed by atoms with Crippen LogP contribution in [0.25, 0.3) is 0 Å². The van der Waals surface area contributed by atoms with Crippen molar-refractivity contribution in [2.75, 3.05) is 26.4 Å². The zero-order valence-electron chi connectivity index (χ0n) is 16.0. The Morgan fingerprint density at radius 1 is 0.808 bits per heavy atom. The minimum atomic E-state index is -0.421. The number of hydrogen-bond acceptors (Lipinski definition) is 6. The second-order valence-corrected chi connectivity index (χ2v) is 6.57. The van der Waals surface area contributed by atoms with Gasteiger partial charge in [0.25, 0.3) is 0 Å². The van der Waals surface area contributed by atoms with E-state index in [9.17, 15) is 9.59 Å². The first-order valence-corrected chi connectivity index (χ1v) is 9.29. The van der Waals surface area contributed by atoms with Crippen LogP contribution in [0.3, 0.4) is 0 Å². The Morgan fingerprint density at radius 2 is 1.15 bits per heavy atom. The molecule has 0 N–H and O–H groups in total. The van der Waals surface area contributed by atoms with Gasteiger partial charge in [0.15, 0.2) is 0 Å². The minimum absolute atomic E-state index is 0.146. The van der Waals surface area contributed by atoms with Gasteiger partial charge in [-0.25, -0.2) is 9.59 Å². The highest BCUT2D eigenvalue weighted by Crippen LogP contribution is 2.34. The summed E-state index contributed by atoms with van der Waals surface area (Å²) >= 11 is 0. The van der Waals surface area contributed by atoms with Crippen molar-refractivity contribution < 1.29 is 28.5 Å². The summed E-state index contributed by atoms with van der Waals surface area (Å²) in [6.07, 6.45) is 6.97. The van der Waals surface area contributed by atoms with Crippen molar-refractivity contribution in [3.63, 3.8) is 0 Å². The lowest BCUT2D eigenvalue weighted by molar-refractivity contribution is -0.141. The summed E-state index contributed by atoms with van der Waals surface area (Å²) in [5, 5.41) is 0. The molecule has 0 saturated heterocycles. The molecule has 1 rings (SSSR count). The van der Waals surface area contributed by atoms with Gasteiger partial charge in [-0.15, -0.1) is 0 Å². The molecule has 0 heterocycles. The molecule has 0 aromatic rings. The molecule has 1 saturated carbocycles.